The van der Waals surface area contributed by atoms with Crippen molar-refractivity contribution < 1.29 is 9.59 Å². The van der Waals surface area contributed by atoms with Crippen molar-refractivity contribution in [3.63, 3.8) is 0 Å². The van der Waals surface area contributed by atoms with Gasteiger partial charge in [0.1, 0.15) is 6.17 Å². The summed E-state index contributed by atoms with van der Waals surface area (Å²) in [6.45, 7) is 8.70. The van der Waals surface area contributed by atoms with Crippen LogP contribution >= 0.6 is 0 Å². The fraction of sp³-hybridized carbons (Fsp3) is 0.355. The Bertz CT molecular complexity index is 1220. The number of rotatable bonds is 8. The number of fused-ring (bicyclic) bond motifs is 1. The highest BCUT2D eigenvalue weighted by molar-refractivity contribution is 6.00. The molecule has 0 aliphatic carbocycles. The zero-order chi connectivity index (χ0) is 25.8. The molecule has 192 valence electrons. The summed E-state index contributed by atoms with van der Waals surface area (Å²) in [5, 5.41) is 3.59. The molecule has 6 heteroatoms. The van der Waals surface area contributed by atoms with E-state index in [0.717, 1.165) is 62.4 Å². The summed E-state index contributed by atoms with van der Waals surface area (Å²) in [7, 11) is 0. The number of nitrogens with one attached hydrogen (secondary N) is 1. The van der Waals surface area contributed by atoms with Crippen LogP contribution in [0.2, 0.25) is 0 Å². The van der Waals surface area contributed by atoms with Crippen LogP contribution in [0.1, 0.15) is 58.3 Å². The van der Waals surface area contributed by atoms with Gasteiger partial charge in [-0.25, -0.2) is 0 Å². The summed E-state index contributed by atoms with van der Waals surface area (Å²) in [6, 6.07) is 26.0. The lowest BCUT2D eigenvalue weighted by Gasteiger charge is -2.34. The van der Waals surface area contributed by atoms with Gasteiger partial charge in [-0.05, 0) is 62.2 Å². The van der Waals surface area contributed by atoms with Crippen LogP contribution in [0, 0.1) is 0 Å². The minimum Gasteiger partial charge on any atom is -0.361 e. The predicted octanol–water partition coefficient (Wildman–Crippen LogP) is 5.05. The number of hydrogen-bond donors (Lipinski definition) is 1. The molecule has 2 unspecified atom stereocenters. The molecule has 2 aliphatic rings. The molecule has 0 aromatic heterocycles. The maximum absolute atomic E-state index is 13.4. The molecular weight excluding hydrogens is 460 g/mol. The van der Waals surface area contributed by atoms with Gasteiger partial charge in [0.15, 0.2) is 0 Å². The quantitative estimate of drug-likeness (QED) is 0.474. The zero-order valence-corrected chi connectivity index (χ0v) is 21.8. The SMILES string of the molecule is CCN1CCN(C(=O)c2ccc(NC3c4ccccc4C(=O)N3C(C)CCc3ccccc3)cc2)CC1. The second kappa shape index (κ2) is 11.2. The van der Waals surface area contributed by atoms with E-state index in [9.17, 15) is 9.59 Å². The Hall–Kier alpha value is -3.64. The third-order valence-corrected chi connectivity index (χ3v) is 7.71. The summed E-state index contributed by atoms with van der Waals surface area (Å²) in [6.07, 6.45) is 1.54. The molecule has 0 radical (unpaired) electrons. The van der Waals surface area contributed by atoms with Crippen LogP contribution in [-0.4, -0.2) is 65.3 Å². The monoisotopic (exact) mass is 496 g/mol. The number of amides is 2. The summed E-state index contributed by atoms with van der Waals surface area (Å²) in [4.78, 5) is 32.7. The molecule has 2 heterocycles. The van der Waals surface area contributed by atoms with Crippen molar-refractivity contribution in [1.82, 2.24) is 14.7 Å². The van der Waals surface area contributed by atoms with Crippen molar-refractivity contribution >= 4 is 17.5 Å². The van der Waals surface area contributed by atoms with Gasteiger partial charge in [-0.2, -0.15) is 0 Å². The molecule has 1 saturated heterocycles. The second-order valence-electron chi connectivity index (χ2n) is 10.0. The highest BCUT2D eigenvalue weighted by Crippen LogP contribution is 2.36. The number of carbonyl (C=O) groups is 2. The molecular formula is C31H36N4O2. The largest absolute Gasteiger partial charge is 0.361 e. The first-order chi connectivity index (χ1) is 18.0. The number of benzene rings is 3. The molecule has 37 heavy (non-hydrogen) atoms. The van der Waals surface area contributed by atoms with E-state index in [0.29, 0.717) is 5.56 Å². The first-order valence-corrected chi connectivity index (χ1v) is 13.4. The van der Waals surface area contributed by atoms with Crippen molar-refractivity contribution in [3.05, 3.63) is 101 Å². The topological polar surface area (TPSA) is 55.9 Å². The predicted molar refractivity (Wildman–Crippen MR) is 148 cm³/mol. The summed E-state index contributed by atoms with van der Waals surface area (Å²) in [5.74, 6) is 0.145. The van der Waals surface area contributed by atoms with E-state index in [4.69, 9.17) is 0 Å². The lowest BCUT2D eigenvalue weighted by atomic mass is 10.0. The van der Waals surface area contributed by atoms with Crippen LogP contribution in [0.3, 0.4) is 0 Å². The number of carbonyl (C=O) groups excluding carboxylic acids is 2. The van der Waals surface area contributed by atoms with Gasteiger partial charge in [-0.1, -0.05) is 55.5 Å². The van der Waals surface area contributed by atoms with Crippen molar-refractivity contribution in [3.8, 4) is 0 Å². The Morgan fingerprint density at radius 1 is 0.919 bits per heavy atom. The molecule has 1 N–H and O–H groups in total. The molecule has 3 aromatic carbocycles. The minimum absolute atomic E-state index is 0.0558. The van der Waals surface area contributed by atoms with Gasteiger partial charge in [0.2, 0.25) is 0 Å². The van der Waals surface area contributed by atoms with Gasteiger partial charge >= 0.3 is 0 Å². The van der Waals surface area contributed by atoms with Crippen LogP contribution in [0.4, 0.5) is 5.69 Å². The number of likely N-dealkylation sites (N-methyl/N-ethyl adjacent to an activating group) is 1. The molecule has 2 atom stereocenters. The minimum atomic E-state index is -0.252. The van der Waals surface area contributed by atoms with E-state index < -0.39 is 0 Å². The molecule has 0 bridgehead atoms. The normalized spacial score (nSPS) is 18.5. The van der Waals surface area contributed by atoms with Crippen LogP contribution in [-0.2, 0) is 6.42 Å². The summed E-state index contributed by atoms with van der Waals surface area (Å²) in [5.41, 5.74) is 4.62. The number of anilines is 1. The molecule has 3 aromatic rings. The third-order valence-electron chi connectivity index (χ3n) is 7.71. The standard InChI is InChI=1S/C31H36N4O2/c1-3-33-19-21-34(22-20-33)30(36)25-15-17-26(18-16-25)32-29-27-11-7-8-12-28(27)31(37)35(29)23(2)13-14-24-9-5-4-6-10-24/h4-12,15-18,23,29,32H,3,13-14,19-22H2,1-2H3. The van der Waals surface area contributed by atoms with E-state index in [2.05, 4.69) is 48.3 Å². The van der Waals surface area contributed by atoms with E-state index in [-0.39, 0.29) is 24.0 Å². The molecule has 2 aliphatic heterocycles. The van der Waals surface area contributed by atoms with Gasteiger partial charge in [-0.15, -0.1) is 0 Å². The van der Waals surface area contributed by atoms with Crippen LogP contribution in [0.5, 0.6) is 0 Å². The molecule has 2 amide bonds. The van der Waals surface area contributed by atoms with Gasteiger partial charge in [0.25, 0.3) is 11.8 Å². The molecule has 0 saturated carbocycles. The fourth-order valence-electron chi connectivity index (χ4n) is 5.41. The maximum atomic E-state index is 13.4. The zero-order valence-electron chi connectivity index (χ0n) is 21.8. The molecule has 1 fully saturated rings. The van der Waals surface area contributed by atoms with Crippen molar-refractivity contribution in [1.29, 1.82) is 0 Å². The average molecular weight is 497 g/mol. The van der Waals surface area contributed by atoms with E-state index in [1.165, 1.54) is 5.56 Å². The van der Waals surface area contributed by atoms with Gasteiger partial charge < -0.3 is 20.0 Å². The first kappa shape index (κ1) is 25.0. The van der Waals surface area contributed by atoms with Crippen molar-refractivity contribution in [2.24, 2.45) is 0 Å². The summed E-state index contributed by atoms with van der Waals surface area (Å²) >= 11 is 0. The van der Waals surface area contributed by atoms with E-state index in [1.54, 1.807) is 0 Å². The Morgan fingerprint density at radius 2 is 1.59 bits per heavy atom. The molecule has 6 nitrogen and oxygen atoms in total. The van der Waals surface area contributed by atoms with Crippen LogP contribution in [0.15, 0.2) is 78.9 Å². The number of piperazine rings is 1. The number of hydrogen-bond acceptors (Lipinski definition) is 4. The highest BCUT2D eigenvalue weighted by atomic mass is 16.2. The smallest absolute Gasteiger partial charge is 0.256 e. The second-order valence-corrected chi connectivity index (χ2v) is 10.0. The van der Waals surface area contributed by atoms with Gasteiger partial charge in [-0.3, -0.25) is 9.59 Å². The van der Waals surface area contributed by atoms with E-state index >= 15 is 0 Å². The maximum Gasteiger partial charge on any atom is 0.256 e. The lowest BCUT2D eigenvalue weighted by Crippen LogP contribution is -2.48. The fourth-order valence-corrected chi connectivity index (χ4v) is 5.41. The van der Waals surface area contributed by atoms with Crippen LogP contribution in [0.25, 0.3) is 0 Å². The Labute approximate surface area is 219 Å². The van der Waals surface area contributed by atoms with Crippen molar-refractivity contribution in [2.75, 3.05) is 38.0 Å². The highest BCUT2D eigenvalue weighted by Gasteiger charge is 2.39. The lowest BCUT2D eigenvalue weighted by molar-refractivity contribution is 0.0641. The van der Waals surface area contributed by atoms with Gasteiger partial charge in [0.05, 0.1) is 0 Å². The van der Waals surface area contributed by atoms with Crippen LogP contribution < -0.4 is 5.32 Å². The van der Waals surface area contributed by atoms with E-state index in [1.807, 2.05) is 64.4 Å². The molecule has 5 rings (SSSR count). The number of nitrogens with zero attached hydrogens (tertiary/aromatic N) is 3. The van der Waals surface area contributed by atoms with Gasteiger partial charge in [0, 0.05) is 54.6 Å². The Balaban J connectivity index is 1.30. The average Bonchev–Trinajstić information content (AvgIpc) is 3.23. The summed E-state index contributed by atoms with van der Waals surface area (Å²) < 4.78 is 0. The van der Waals surface area contributed by atoms with Crippen molar-refractivity contribution in [2.45, 2.75) is 38.9 Å². The number of aryl methyl sites for hydroxylation is 1. The third kappa shape index (κ3) is 5.39. The Kier molecular flexibility index (Phi) is 7.56. The first-order valence-electron chi connectivity index (χ1n) is 13.4. The molecule has 0 spiro atoms. The Morgan fingerprint density at radius 3 is 2.30 bits per heavy atom.